The van der Waals surface area contributed by atoms with Crippen LogP contribution in [0.1, 0.15) is 26.3 Å². The van der Waals surface area contributed by atoms with Gasteiger partial charge in [0.1, 0.15) is 16.7 Å². The molecular weight excluding hydrogens is 454 g/mol. The zero-order valence-corrected chi connectivity index (χ0v) is 20.8. The number of allylic oxidation sites excluding steroid dienone is 1. The Bertz CT molecular complexity index is 1120. The Balaban J connectivity index is 1.94. The summed E-state index contributed by atoms with van der Waals surface area (Å²) in [6.07, 6.45) is 3.25. The second kappa shape index (κ2) is 11.0. The number of ether oxygens (including phenoxy) is 1. The second-order valence-corrected chi connectivity index (χ2v) is 10.5. The molecule has 9 heteroatoms. The van der Waals surface area contributed by atoms with Crippen molar-refractivity contribution in [1.29, 1.82) is 0 Å². The lowest BCUT2D eigenvalue weighted by Crippen LogP contribution is -2.50. The van der Waals surface area contributed by atoms with Crippen LogP contribution in [0.15, 0.2) is 59.5 Å². The number of carbonyl (C=O) groups is 1. The first-order valence-corrected chi connectivity index (χ1v) is 12.7. The van der Waals surface area contributed by atoms with E-state index in [1.54, 1.807) is 38.2 Å². The van der Waals surface area contributed by atoms with E-state index in [1.165, 1.54) is 15.3 Å². The van der Waals surface area contributed by atoms with E-state index >= 15 is 0 Å². The molecule has 0 saturated carbocycles. The molecule has 8 nitrogen and oxygen atoms in total. The number of hydrogen-bond donors (Lipinski definition) is 2. The van der Waals surface area contributed by atoms with E-state index in [0.29, 0.717) is 5.69 Å². The van der Waals surface area contributed by atoms with Crippen LogP contribution in [0.25, 0.3) is 6.08 Å². The maximum absolute atomic E-state index is 13.5. The Morgan fingerprint density at radius 3 is 2.65 bits per heavy atom. The van der Waals surface area contributed by atoms with Gasteiger partial charge in [-0.15, -0.1) is 0 Å². The minimum atomic E-state index is -3.90. The molecule has 1 heterocycles. The predicted octanol–water partition coefficient (Wildman–Crippen LogP) is 3.65. The highest BCUT2D eigenvalue weighted by Gasteiger charge is 2.38. The Morgan fingerprint density at radius 2 is 2.00 bits per heavy atom. The van der Waals surface area contributed by atoms with Crippen LogP contribution in [0, 0.1) is 5.92 Å². The van der Waals surface area contributed by atoms with E-state index in [1.807, 2.05) is 44.2 Å². The van der Waals surface area contributed by atoms with Gasteiger partial charge in [-0.2, -0.15) is 4.31 Å². The first kappa shape index (κ1) is 25.7. The van der Waals surface area contributed by atoms with Gasteiger partial charge in [-0.1, -0.05) is 43.3 Å². The van der Waals surface area contributed by atoms with Crippen LogP contribution in [-0.2, 0) is 10.0 Å². The van der Waals surface area contributed by atoms with Gasteiger partial charge in [-0.3, -0.25) is 0 Å². The molecule has 2 aromatic carbocycles. The fraction of sp³-hybridized carbons (Fsp3) is 0.400. The van der Waals surface area contributed by atoms with Crippen molar-refractivity contribution in [3.8, 4) is 5.75 Å². The number of hydrogen-bond acceptors (Lipinski definition) is 5. The van der Waals surface area contributed by atoms with Crippen molar-refractivity contribution in [2.45, 2.75) is 37.8 Å². The number of urea groups is 1. The Hall–Kier alpha value is -2.88. The summed E-state index contributed by atoms with van der Waals surface area (Å²) >= 11 is 0. The molecule has 184 valence electrons. The Morgan fingerprint density at radius 1 is 1.29 bits per heavy atom. The van der Waals surface area contributed by atoms with Crippen LogP contribution in [0.3, 0.4) is 0 Å². The number of aliphatic hydroxyl groups excluding tert-OH is 1. The summed E-state index contributed by atoms with van der Waals surface area (Å²) in [5.41, 5.74) is 1.49. The average Bonchev–Trinajstić information content (AvgIpc) is 2.81. The molecule has 34 heavy (non-hydrogen) atoms. The minimum absolute atomic E-state index is 0.0503. The molecule has 1 aliphatic heterocycles. The van der Waals surface area contributed by atoms with E-state index in [2.05, 4.69) is 5.32 Å². The molecule has 0 bridgehead atoms. The number of benzene rings is 2. The minimum Gasteiger partial charge on any atom is -0.487 e. The Labute approximate surface area is 201 Å². The molecule has 0 aromatic heterocycles. The van der Waals surface area contributed by atoms with Gasteiger partial charge in [0.25, 0.3) is 0 Å². The van der Waals surface area contributed by atoms with Gasteiger partial charge in [0.05, 0.1) is 13.2 Å². The maximum Gasteiger partial charge on any atom is 0.321 e. The number of anilines is 1. The standard InChI is InChI=1S/C25H33N3O5S/c1-5-9-20-12-13-24-22(14-20)33-23(18(2)15-28(19(3)17-29)34(24,31)32)16-27(4)25(30)26-21-10-7-6-8-11-21/h5-14,18-19,23,29H,15-17H2,1-4H3,(H,26,30)/b9-5+/t18-,19+,23+/m0/s1. The van der Waals surface area contributed by atoms with Crippen LogP contribution in [0.2, 0.25) is 0 Å². The predicted molar refractivity (Wildman–Crippen MR) is 133 cm³/mol. The SMILES string of the molecule is C/C=C/c1ccc2c(c1)O[C@H](CN(C)C(=O)Nc1ccccc1)[C@@H](C)CN([C@H](C)CO)S2(=O)=O. The number of nitrogens with one attached hydrogen (secondary N) is 1. The van der Waals surface area contributed by atoms with Crippen molar-refractivity contribution in [2.75, 3.05) is 32.1 Å². The zero-order chi connectivity index (χ0) is 24.9. The van der Waals surface area contributed by atoms with Crippen LogP contribution >= 0.6 is 0 Å². The van der Waals surface area contributed by atoms with Gasteiger partial charge >= 0.3 is 6.03 Å². The third-order valence-corrected chi connectivity index (χ3v) is 7.90. The smallest absolute Gasteiger partial charge is 0.321 e. The largest absolute Gasteiger partial charge is 0.487 e. The molecule has 2 amide bonds. The summed E-state index contributed by atoms with van der Waals surface area (Å²) in [5.74, 6) is -0.0200. The summed E-state index contributed by atoms with van der Waals surface area (Å²) in [6.45, 7) is 5.54. The first-order chi connectivity index (χ1) is 16.2. The highest BCUT2D eigenvalue weighted by atomic mass is 32.2. The highest BCUT2D eigenvalue weighted by Crippen LogP contribution is 2.34. The number of amides is 2. The molecule has 1 aliphatic rings. The summed E-state index contributed by atoms with van der Waals surface area (Å²) in [5, 5.41) is 12.6. The number of para-hydroxylation sites is 1. The molecule has 0 unspecified atom stereocenters. The number of rotatable bonds is 6. The number of nitrogens with zero attached hydrogens (tertiary/aromatic N) is 2. The second-order valence-electron chi connectivity index (χ2n) is 8.62. The summed E-state index contributed by atoms with van der Waals surface area (Å²) in [7, 11) is -2.22. The molecule has 3 rings (SSSR count). The van der Waals surface area contributed by atoms with Crippen molar-refractivity contribution < 1.29 is 23.1 Å². The third-order valence-electron chi connectivity index (χ3n) is 5.88. The van der Waals surface area contributed by atoms with Crippen LogP contribution < -0.4 is 10.1 Å². The quantitative estimate of drug-likeness (QED) is 0.648. The van der Waals surface area contributed by atoms with Crippen molar-refractivity contribution in [3.63, 3.8) is 0 Å². The molecule has 0 fully saturated rings. The van der Waals surface area contributed by atoms with E-state index in [-0.39, 0.29) is 42.3 Å². The number of fused-ring (bicyclic) bond motifs is 1. The van der Waals surface area contributed by atoms with Crippen LogP contribution in [0.5, 0.6) is 5.75 Å². The molecule has 0 spiro atoms. The fourth-order valence-electron chi connectivity index (χ4n) is 3.85. The van der Waals surface area contributed by atoms with Gasteiger partial charge in [-0.25, -0.2) is 13.2 Å². The van der Waals surface area contributed by atoms with E-state index in [4.69, 9.17) is 4.74 Å². The topological polar surface area (TPSA) is 99.2 Å². The monoisotopic (exact) mass is 487 g/mol. The first-order valence-electron chi connectivity index (χ1n) is 11.3. The molecule has 2 N–H and O–H groups in total. The van der Waals surface area contributed by atoms with Gasteiger partial charge in [0.15, 0.2) is 0 Å². The van der Waals surface area contributed by atoms with Gasteiger partial charge < -0.3 is 20.1 Å². The Kier molecular flexibility index (Phi) is 8.35. The molecule has 3 atom stereocenters. The van der Waals surface area contributed by atoms with E-state index in [0.717, 1.165) is 5.56 Å². The van der Waals surface area contributed by atoms with Crippen LogP contribution in [0.4, 0.5) is 10.5 Å². The molecule has 2 aromatic rings. The molecule has 0 aliphatic carbocycles. The van der Waals surface area contributed by atoms with Crippen molar-refractivity contribution >= 4 is 27.8 Å². The van der Waals surface area contributed by atoms with Crippen molar-refractivity contribution in [3.05, 3.63) is 60.2 Å². The van der Waals surface area contributed by atoms with E-state index in [9.17, 15) is 18.3 Å². The van der Waals surface area contributed by atoms with Gasteiger partial charge in [0.2, 0.25) is 10.0 Å². The number of aliphatic hydroxyl groups is 1. The van der Waals surface area contributed by atoms with Gasteiger partial charge in [-0.05, 0) is 43.7 Å². The number of carbonyl (C=O) groups excluding carboxylic acids is 1. The van der Waals surface area contributed by atoms with Crippen molar-refractivity contribution in [1.82, 2.24) is 9.21 Å². The normalized spacial score (nSPS) is 21.1. The summed E-state index contributed by atoms with van der Waals surface area (Å²) < 4.78 is 34.6. The lowest BCUT2D eigenvalue weighted by atomic mass is 10.0. The van der Waals surface area contributed by atoms with Crippen LogP contribution in [-0.4, -0.2) is 67.7 Å². The maximum atomic E-state index is 13.5. The molecular formula is C25H33N3O5S. The highest BCUT2D eigenvalue weighted by molar-refractivity contribution is 7.89. The third kappa shape index (κ3) is 5.78. The summed E-state index contributed by atoms with van der Waals surface area (Å²) in [4.78, 5) is 14.3. The number of sulfonamides is 1. The van der Waals surface area contributed by atoms with E-state index < -0.39 is 22.2 Å². The zero-order valence-electron chi connectivity index (χ0n) is 20.0. The average molecular weight is 488 g/mol. The lowest BCUT2D eigenvalue weighted by Gasteiger charge is -2.37. The molecule has 0 saturated heterocycles. The van der Waals surface area contributed by atoms with Crippen molar-refractivity contribution in [2.24, 2.45) is 5.92 Å². The fourth-order valence-corrected chi connectivity index (χ4v) is 5.68. The molecule has 0 radical (unpaired) electrons. The number of likely N-dealkylation sites (N-methyl/N-ethyl adjacent to an activating group) is 1. The summed E-state index contributed by atoms with van der Waals surface area (Å²) in [6, 6.07) is 13.2. The van der Waals surface area contributed by atoms with Gasteiger partial charge in [0, 0.05) is 31.2 Å². The lowest BCUT2D eigenvalue weighted by molar-refractivity contribution is 0.0830.